The largest absolute Gasteiger partial charge is 0.325 e. The fourth-order valence-corrected chi connectivity index (χ4v) is 2.60. The van der Waals surface area contributed by atoms with Gasteiger partial charge in [0.15, 0.2) is 0 Å². The van der Waals surface area contributed by atoms with Gasteiger partial charge in [-0.05, 0) is 30.7 Å². The van der Waals surface area contributed by atoms with Gasteiger partial charge in [0.1, 0.15) is 22.3 Å². The lowest BCUT2D eigenvalue weighted by atomic mass is 10.3. The number of aryl methyl sites for hydroxylation is 1. The van der Waals surface area contributed by atoms with Crippen LogP contribution in [0.1, 0.15) is 11.8 Å². The fourth-order valence-electron chi connectivity index (χ4n) is 1.78. The van der Waals surface area contributed by atoms with Crippen LogP contribution < -0.4 is 5.32 Å². The van der Waals surface area contributed by atoms with E-state index in [-0.39, 0.29) is 24.8 Å². The average Bonchev–Trinajstić information content (AvgIpc) is 2.98. The molecule has 0 unspecified atom stereocenters. The molecule has 22 heavy (non-hydrogen) atoms. The van der Waals surface area contributed by atoms with Crippen molar-refractivity contribution in [3.8, 4) is 10.7 Å². The van der Waals surface area contributed by atoms with Crippen LogP contribution in [-0.4, -0.2) is 15.0 Å². The molecule has 0 bridgehead atoms. The second-order valence-corrected chi connectivity index (χ2v) is 5.35. The van der Waals surface area contributed by atoms with Crippen molar-refractivity contribution in [1.82, 2.24) is 15.0 Å². The van der Waals surface area contributed by atoms with E-state index in [1.54, 1.807) is 17.5 Å². The van der Waals surface area contributed by atoms with E-state index in [1.807, 2.05) is 42.6 Å². The summed E-state index contributed by atoms with van der Waals surface area (Å²) in [6.45, 7) is 2.13. The Morgan fingerprint density at radius 3 is 2.50 bits per heavy atom. The monoisotopic (exact) mass is 354 g/mol. The molecule has 1 N–H and O–H groups in total. The first kappa shape index (κ1) is 18.4. The van der Waals surface area contributed by atoms with E-state index in [4.69, 9.17) is 0 Å². The Morgan fingerprint density at radius 2 is 1.82 bits per heavy atom. The molecule has 0 saturated heterocycles. The normalized spacial score (nSPS) is 9.50. The molecule has 0 aliphatic carbocycles. The van der Waals surface area contributed by atoms with Gasteiger partial charge in [0.05, 0.1) is 0 Å². The third-order valence-corrected chi connectivity index (χ3v) is 3.96. The van der Waals surface area contributed by atoms with Gasteiger partial charge in [-0.25, -0.2) is 15.0 Å². The minimum absolute atomic E-state index is 0. The summed E-state index contributed by atoms with van der Waals surface area (Å²) in [6, 6.07) is 11.6. The second kappa shape index (κ2) is 8.68. The van der Waals surface area contributed by atoms with Crippen molar-refractivity contribution in [2.24, 2.45) is 0 Å². The molecule has 0 spiro atoms. The van der Waals surface area contributed by atoms with Gasteiger partial charge in [-0.1, -0.05) is 19.1 Å². The van der Waals surface area contributed by atoms with Crippen molar-refractivity contribution in [1.29, 1.82) is 0 Å². The number of rotatable bonds is 4. The molecule has 4 nitrogen and oxygen atoms in total. The molecule has 0 aromatic carbocycles. The van der Waals surface area contributed by atoms with Gasteiger partial charge in [0, 0.05) is 17.3 Å². The van der Waals surface area contributed by atoms with Gasteiger partial charge in [-0.15, -0.1) is 36.2 Å². The smallest absolute Gasteiger partial charge is 0.142 e. The molecule has 0 amide bonds. The summed E-state index contributed by atoms with van der Waals surface area (Å²) >= 11 is 1.68. The van der Waals surface area contributed by atoms with Gasteiger partial charge in [-0.2, -0.15) is 0 Å². The van der Waals surface area contributed by atoms with E-state index >= 15 is 0 Å². The summed E-state index contributed by atoms with van der Waals surface area (Å²) in [5.74, 6) is 1.56. The van der Waals surface area contributed by atoms with Crippen LogP contribution in [0, 0.1) is 0 Å². The molecule has 116 valence electrons. The zero-order chi connectivity index (χ0) is 13.8. The Kier molecular flexibility index (Phi) is 7.24. The second-order valence-electron chi connectivity index (χ2n) is 4.23. The quantitative estimate of drug-likeness (QED) is 0.734. The molecule has 0 atom stereocenters. The third-order valence-electron chi connectivity index (χ3n) is 2.79. The molecule has 0 aliphatic heterocycles. The van der Waals surface area contributed by atoms with E-state index in [0.717, 1.165) is 28.8 Å². The van der Waals surface area contributed by atoms with Crippen LogP contribution in [0.25, 0.3) is 10.7 Å². The third kappa shape index (κ3) is 4.40. The van der Waals surface area contributed by atoms with Gasteiger partial charge in [0.2, 0.25) is 0 Å². The van der Waals surface area contributed by atoms with Gasteiger partial charge >= 0.3 is 0 Å². The van der Waals surface area contributed by atoms with Crippen LogP contribution >= 0.6 is 36.2 Å². The van der Waals surface area contributed by atoms with Gasteiger partial charge < -0.3 is 5.32 Å². The molecule has 0 radical (unpaired) electrons. The van der Waals surface area contributed by atoms with Crippen molar-refractivity contribution in [3.63, 3.8) is 0 Å². The number of thiazole rings is 1. The van der Waals surface area contributed by atoms with E-state index < -0.39 is 0 Å². The number of pyridine rings is 2. The van der Waals surface area contributed by atoms with Crippen LogP contribution in [0.4, 0.5) is 11.6 Å². The maximum absolute atomic E-state index is 4.58. The summed E-state index contributed by atoms with van der Waals surface area (Å²) in [4.78, 5) is 14.5. The van der Waals surface area contributed by atoms with Crippen molar-refractivity contribution >= 4 is 47.8 Å². The SMILES string of the molecule is CCc1cnc(-c2cccc(Nc3ccccn3)n2)s1.Cl.Cl. The molecule has 3 aromatic rings. The molecule has 0 aliphatic rings. The van der Waals surface area contributed by atoms with E-state index in [1.165, 1.54) is 4.88 Å². The van der Waals surface area contributed by atoms with Crippen LogP contribution in [0.2, 0.25) is 0 Å². The topological polar surface area (TPSA) is 50.7 Å². The Labute approximate surface area is 145 Å². The summed E-state index contributed by atoms with van der Waals surface area (Å²) in [5.41, 5.74) is 0.885. The van der Waals surface area contributed by atoms with Crippen molar-refractivity contribution < 1.29 is 0 Å². The molecular formula is C15H16Cl2N4S. The number of nitrogens with one attached hydrogen (secondary N) is 1. The minimum Gasteiger partial charge on any atom is -0.325 e. The summed E-state index contributed by atoms with van der Waals surface area (Å²) in [5, 5.41) is 4.14. The first-order valence-corrected chi connectivity index (χ1v) is 7.27. The zero-order valence-corrected chi connectivity index (χ0v) is 14.3. The summed E-state index contributed by atoms with van der Waals surface area (Å²) < 4.78 is 0. The lowest BCUT2D eigenvalue weighted by molar-refractivity contribution is 1.17. The van der Waals surface area contributed by atoms with Crippen LogP contribution in [0.3, 0.4) is 0 Å². The zero-order valence-electron chi connectivity index (χ0n) is 11.9. The number of aromatic nitrogens is 3. The van der Waals surface area contributed by atoms with E-state index in [0.29, 0.717) is 0 Å². The average molecular weight is 355 g/mol. The molecule has 3 heterocycles. The van der Waals surface area contributed by atoms with E-state index in [2.05, 4.69) is 27.2 Å². The Hall–Kier alpha value is -1.69. The number of halogens is 2. The first-order chi connectivity index (χ1) is 9.85. The van der Waals surface area contributed by atoms with Crippen molar-refractivity contribution in [3.05, 3.63) is 53.7 Å². The highest BCUT2D eigenvalue weighted by atomic mass is 35.5. The predicted molar refractivity (Wildman–Crippen MR) is 96.7 cm³/mol. The maximum atomic E-state index is 4.58. The number of nitrogens with zero attached hydrogens (tertiary/aromatic N) is 3. The molecular weight excluding hydrogens is 339 g/mol. The highest BCUT2D eigenvalue weighted by Crippen LogP contribution is 2.25. The molecule has 7 heteroatoms. The lowest BCUT2D eigenvalue weighted by Gasteiger charge is -2.05. The number of hydrogen-bond donors (Lipinski definition) is 1. The first-order valence-electron chi connectivity index (χ1n) is 6.45. The predicted octanol–water partition coefficient (Wildman–Crippen LogP) is 4.75. The molecule has 0 fully saturated rings. The molecule has 3 rings (SSSR count). The number of hydrogen-bond acceptors (Lipinski definition) is 5. The highest BCUT2D eigenvalue weighted by molar-refractivity contribution is 7.14. The Balaban J connectivity index is 0.00000121. The summed E-state index contributed by atoms with van der Waals surface area (Å²) in [6.07, 6.45) is 4.67. The van der Waals surface area contributed by atoms with Crippen LogP contribution in [0.5, 0.6) is 0 Å². The Morgan fingerprint density at radius 1 is 1.00 bits per heavy atom. The van der Waals surface area contributed by atoms with Gasteiger partial charge in [0.25, 0.3) is 0 Å². The van der Waals surface area contributed by atoms with Crippen molar-refractivity contribution in [2.45, 2.75) is 13.3 Å². The van der Waals surface area contributed by atoms with Crippen molar-refractivity contribution in [2.75, 3.05) is 5.32 Å². The van der Waals surface area contributed by atoms with Gasteiger partial charge in [-0.3, -0.25) is 0 Å². The Bertz CT molecular complexity index is 704. The fraction of sp³-hybridized carbons (Fsp3) is 0.133. The highest BCUT2D eigenvalue weighted by Gasteiger charge is 2.06. The standard InChI is InChI=1S/C15H14N4S.2ClH/c1-2-11-10-17-15(20-11)12-6-5-8-14(18-12)19-13-7-3-4-9-16-13;;/h3-10H,2H2,1H3,(H,16,18,19);2*1H. The number of anilines is 2. The lowest BCUT2D eigenvalue weighted by Crippen LogP contribution is -1.96. The maximum Gasteiger partial charge on any atom is 0.142 e. The summed E-state index contributed by atoms with van der Waals surface area (Å²) in [7, 11) is 0. The van der Waals surface area contributed by atoms with E-state index in [9.17, 15) is 0 Å². The molecule has 0 saturated carbocycles. The minimum atomic E-state index is 0. The van der Waals surface area contributed by atoms with Crippen LogP contribution in [-0.2, 0) is 6.42 Å². The van der Waals surface area contributed by atoms with Crippen LogP contribution in [0.15, 0.2) is 48.8 Å². The molecule has 3 aromatic heterocycles.